The van der Waals surface area contributed by atoms with Gasteiger partial charge in [-0.25, -0.2) is 8.42 Å². The van der Waals surface area contributed by atoms with Crippen molar-refractivity contribution in [1.82, 2.24) is 10.2 Å². The molecular formula is C24H29ClF3N3O4S. The lowest BCUT2D eigenvalue weighted by molar-refractivity contribution is -0.140. The van der Waals surface area contributed by atoms with Gasteiger partial charge in [0.1, 0.15) is 6.04 Å². The van der Waals surface area contributed by atoms with E-state index in [1.54, 1.807) is 38.1 Å². The normalized spacial score (nSPS) is 12.6. The molecule has 1 N–H and O–H groups in total. The Morgan fingerprint density at radius 1 is 1.11 bits per heavy atom. The number of carbonyl (C=O) groups is 2. The molecular weight excluding hydrogens is 519 g/mol. The number of rotatable bonds is 11. The van der Waals surface area contributed by atoms with Crippen molar-refractivity contribution in [2.45, 2.75) is 45.5 Å². The Hall–Kier alpha value is -2.79. The SMILES string of the molecule is CCNC(=O)[C@@H](C)N(Cc1ccccc1Cl)C(=O)CCCN(c1cccc(C(F)(F)F)c1)S(C)(=O)=O. The van der Waals surface area contributed by atoms with Gasteiger partial charge in [0.2, 0.25) is 21.8 Å². The first kappa shape index (κ1) is 29.4. The third-order valence-corrected chi connectivity index (χ3v) is 6.99. The largest absolute Gasteiger partial charge is 0.416 e. The Labute approximate surface area is 214 Å². The third-order valence-electron chi connectivity index (χ3n) is 5.43. The van der Waals surface area contributed by atoms with Gasteiger partial charge in [-0.15, -0.1) is 0 Å². The van der Waals surface area contributed by atoms with E-state index in [1.165, 1.54) is 11.0 Å². The number of nitrogens with one attached hydrogen (secondary N) is 1. The summed E-state index contributed by atoms with van der Waals surface area (Å²) in [5.41, 5.74) is -0.500. The summed E-state index contributed by atoms with van der Waals surface area (Å²) in [4.78, 5) is 27.0. The molecule has 0 saturated carbocycles. The zero-order chi connectivity index (χ0) is 27.1. The fraction of sp³-hybridized carbons (Fsp3) is 0.417. The van der Waals surface area contributed by atoms with Crippen LogP contribution in [0.2, 0.25) is 5.02 Å². The number of halogens is 4. The molecule has 36 heavy (non-hydrogen) atoms. The van der Waals surface area contributed by atoms with Gasteiger partial charge in [-0.3, -0.25) is 13.9 Å². The quantitative estimate of drug-likeness (QED) is 0.450. The van der Waals surface area contributed by atoms with E-state index in [1.807, 2.05) is 0 Å². The van der Waals surface area contributed by atoms with Crippen molar-refractivity contribution in [3.05, 3.63) is 64.7 Å². The molecule has 2 aromatic rings. The van der Waals surface area contributed by atoms with E-state index in [0.29, 0.717) is 17.1 Å². The van der Waals surface area contributed by atoms with Crippen LogP contribution in [0.1, 0.15) is 37.8 Å². The van der Waals surface area contributed by atoms with Crippen molar-refractivity contribution in [3.8, 4) is 0 Å². The molecule has 0 bridgehead atoms. The van der Waals surface area contributed by atoms with Crippen LogP contribution in [0.4, 0.5) is 18.9 Å². The topological polar surface area (TPSA) is 86.8 Å². The van der Waals surface area contributed by atoms with Gasteiger partial charge >= 0.3 is 6.18 Å². The fourth-order valence-electron chi connectivity index (χ4n) is 3.56. The monoisotopic (exact) mass is 547 g/mol. The molecule has 0 unspecified atom stereocenters. The molecule has 2 rings (SSSR count). The summed E-state index contributed by atoms with van der Waals surface area (Å²) < 4.78 is 64.9. The Bertz CT molecular complexity index is 1180. The second kappa shape index (κ2) is 12.4. The Morgan fingerprint density at radius 3 is 2.36 bits per heavy atom. The van der Waals surface area contributed by atoms with Crippen molar-refractivity contribution in [1.29, 1.82) is 0 Å². The summed E-state index contributed by atoms with van der Waals surface area (Å²) in [6.45, 7) is 3.53. The van der Waals surface area contributed by atoms with E-state index < -0.39 is 33.7 Å². The first-order valence-electron chi connectivity index (χ1n) is 11.2. The number of sulfonamides is 1. The van der Waals surface area contributed by atoms with Gasteiger partial charge in [-0.05, 0) is 50.1 Å². The lowest BCUT2D eigenvalue weighted by atomic mass is 10.1. The average Bonchev–Trinajstić information content (AvgIpc) is 2.79. The highest BCUT2D eigenvalue weighted by Crippen LogP contribution is 2.32. The van der Waals surface area contributed by atoms with Crippen LogP contribution in [-0.2, 0) is 32.3 Å². The molecule has 0 aliphatic heterocycles. The van der Waals surface area contributed by atoms with Crippen molar-refractivity contribution < 1.29 is 31.2 Å². The summed E-state index contributed by atoms with van der Waals surface area (Å²) in [6.07, 6.45) is -3.87. The van der Waals surface area contributed by atoms with Crippen LogP contribution in [0, 0.1) is 0 Å². The van der Waals surface area contributed by atoms with E-state index in [-0.39, 0.29) is 37.5 Å². The van der Waals surface area contributed by atoms with Gasteiger partial charge < -0.3 is 10.2 Å². The molecule has 0 aliphatic carbocycles. The number of alkyl halides is 3. The average molecular weight is 548 g/mol. The van der Waals surface area contributed by atoms with Crippen LogP contribution in [-0.4, -0.2) is 50.5 Å². The molecule has 0 aliphatic rings. The molecule has 0 spiro atoms. The van der Waals surface area contributed by atoms with Gasteiger partial charge in [-0.1, -0.05) is 35.9 Å². The zero-order valence-corrected chi connectivity index (χ0v) is 21.8. The second-order valence-electron chi connectivity index (χ2n) is 8.17. The van der Waals surface area contributed by atoms with E-state index in [0.717, 1.165) is 28.8 Å². The summed E-state index contributed by atoms with van der Waals surface area (Å²) >= 11 is 6.24. The molecule has 0 radical (unpaired) electrons. The predicted octanol–water partition coefficient (Wildman–Crippen LogP) is 4.46. The van der Waals surface area contributed by atoms with E-state index >= 15 is 0 Å². The number of nitrogens with zero attached hydrogens (tertiary/aromatic N) is 2. The minimum Gasteiger partial charge on any atom is -0.355 e. The molecule has 2 aromatic carbocycles. The maximum Gasteiger partial charge on any atom is 0.416 e. The number of anilines is 1. The Morgan fingerprint density at radius 2 is 1.78 bits per heavy atom. The lowest BCUT2D eigenvalue weighted by Crippen LogP contribution is -2.47. The number of hydrogen-bond acceptors (Lipinski definition) is 4. The summed E-state index contributed by atoms with van der Waals surface area (Å²) in [7, 11) is -3.93. The molecule has 12 heteroatoms. The van der Waals surface area contributed by atoms with Gasteiger partial charge in [0.25, 0.3) is 0 Å². The van der Waals surface area contributed by atoms with Gasteiger partial charge in [-0.2, -0.15) is 13.2 Å². The number of likely N-dealkylation sites (N-methyl/N-ethyl adjacent to an activating group) is 1. The number of amides is 2. The molecule has 0 heterocycles. The smallest absolute Gasteiger partial charge is 0.355 e. The molecule has 1 atom stereocenters. The highest BCUT2D eigenvalue weighted by atomic mass is 35.5. The molecule has 2 amide bonds. The van der Waals surface area contributed by atoms with E-state index in [9.17, 15) is 31.2 Å². The van der Waals surface area contributed by atoms with Crippen molar-refractivity contribution in [2.75, 3.05) is 23.7 Å². The summed E-state index contributed by atoms with van der Waals surface area (Å²) in [6, 6.07) is 10.0. The van der Waals surface area contributed by atoms with Gasteiger partial charge in [0.15, 0.2) is 0 Å². The maximum absolute atomic E-state index is 13.1. The van der Waals surface area contributed by atoms with Crippen molar-refractivity contribution in [3.63, 3.8) is 0 Å². The highest BCUT2D eigenvalue weighted by molar-refractivity contribution is 7.92. The van der Waals surface area contributed by atoms with Crippen molar-refractivity contribution >= 4 is 39.1 Å². The first-order valence-corrected chi connectivity index (χ1v) is 13.4. The number of hydrogen-bond donors (Lipinski definition) is 1. The minimum atomic E-state index is -4.64. The molecule has 0 fully saturated rings. The van der Waals surface area contributed by atoms with Crippen LogP contribution in [0.15, 0.2) is 48.5 Å². The first-order chi connectivity index (χ1) is 16.8. The summed E-state index contributed by atoms with van der Waals surface area (Å²) in [5, 5.41) is 3.09. The zero-order valence-electron chi connectivity index (χ0n) is 20.2. The van der Waals surface area contributed by atoms with Crippen LogP contribution in [0.5, 0.6) is 0 Å². The van der Waals surface area contributed by atoms with Crippen LogP contribution in [0.25, 0.3) is 0 Å². The second-order valence-corrected chi connectivity index (χ2v) is 10.5. The van der Waals surface area contributed by atoms with Crippen molar-refractivity contribution in [2.24, 2.45) is 0 Å². The molecule has 7 nitrogen and oxygen atoms in total. The van der Waals surface area contributed by atoms with E-state index in [2.05, 4.69) is 5.32 Å². The van der Waals surface area contributed by atoms with Crippen LogP contribution in [0.3, 0.4) is 0 Å². The van der Waals surface area contributed by atoms with Gasteiger partial charge in [0.05, 0.1) is 17.5 Å². The van der Waals surface area contributed by atoms with Crippen LogP contribution >= 0.6 is 11.6 Å². The van der Waals surface area contributed by atoms with Crippen LogP contribution < -0.4 is 9.62 Å². The molecule has 0 aromatic heterocycles. The Kier molecular flexibility index (Phi) is 10.2. The Balaban J connectivity index is 2.21. The third kappa shape index (κ3) is 8.12. The van der Waals surface area contributed by atoms with E-state index in [4.69, 9.17) is 11.6 Å². The predicted molar refractivity (Wildman–Crippen MR) is 133 cm³/mol. The minimum absolute atomic E-state index is 0.0172. The summed E-state index contributed by atoms with van der Waals surface area (Å²) in [5.74, 6) is -0.786. The molecule has 198 valence electrons. The standard InChI is InChI=1S/C24H29ClF3N3O4S/c1-4-29-23(33)17(2)30(16-18-9-5-6-12-21(18)25)22(32)13-8-14-31(36(3,34)35)20-11-7-10-19(15-20)24(26,27)28/h5-7,9-12,15,17H,4,8,13-14,16H2,1-3H3,(H,29,33)/t17-/m1/s1. The van der Waals surface area contributed by atoms with Gasteiger partial charge in [0, 0.05) is 31.1 Å². The fourth-order valence-corrected chi connectivity index (χ4v) is 4.71. The lowest BCUT2D eigenvalue weighted by Gasteiger charge is -2.29. The number of benzene rings is 2. The highest BCUT2D eigenvalue weighted by Gasteiger charge is 2.32. The number of carbonyl (C=O) groups excluding carboxylic acids is 2. The maximum atomic E-state index is 13.1. The molecule has 0 saturated heterocycles.